The minimum absolute atomic E-state index is 0.411. The van der Waals surface area contributed by atoms with Gasteiger partial charge >= 0.3 is 0 Å². The molecule has 2 aliphatic rings. The zero-order valence-corrected chi connectivity index (χ0v) is 13.2. The van der Waals surface area contributed by atoms with Crippen molar-refractivity contribution in [2.45, 2.75) is 31.2 Å². The summed E-state index contributed by atoms with van der Waals surface area (Å²) in [5, 5.41) is 1.17. The molecule has 4 rings (SSSR count). The van der Waals surface area contributed by atoms with E-state index in [1.54, 1.807) is 0 Å². The van der Waals surface area contributed by atoms with E-state index in [2.05, 4.69) is 61.2 Å². The minimum atomic E-state index is 0.411. The first-order valence-corrected chi connectivity index (χ1v) is 8.24. The highest BCUT2D eigenvalue weighted by atomic mass is 32.2. The summed E-state index contributed by atoms with van der Waals surface area (Å²) >= 11 is 1.81. The third-order valence-corrected chi connectivity index (χ3v) is 5.42. The molecule has 0 saturated carbocycles. The van der Waals surface area contributed by atoms with Crippen LogP contribution in [0.5, 0.6) is 0 Å². The van der Waals surface area contributed by atoms with Gasteiger partial charge in [0.05, 0.1) is 11.7 Å². The fourth-order valence-corrected chi connectivity index (χ4v) is 4.50. The molecule has 0 radical (unpaired) electrons. The smallest absolute Gasteiger partial charge is 0.169 e. The summed E-state index contributed by atoms with van der Waals surface area (Å²) in [6.07, 6.45) is 1.09. The van der Waals surface area contributed by atoms with Crippen molar-refractivity contribution in [2.24, 2.45) is 4.99 Å². The average Bonchev–Trinajstić information content (AvgIpc) is 2.87. The lowest BCUT2D eigenvalue weighted by Gasteiger charge is -2.34. The molecule has 2 nitrogen and oxygen atoms in total. The van der Waals surface area contributed by atoms with Crippen LogP contribution in [0.25, 0.3) is 0 Å². The van der Waals surface area contributed by atoms with Crippen LogP contribution >= 0.6 is 11.8 Å². The topological polar surface area (TPSA) is 15.6 Å². The molecule has 0 spiro atoms. The Balaban J connectivity index is 1.87. The largest absolute Gasteiger partial charge is 0.312 e. The number of nitrogens with zero attached hydrogens (tertiary/aromatic N) is 2. The summed E-state index contributed by atoms with van der Waals surface area (Å²) < 4.78 is 0. The monoisotopic (exact) mass is 294 g/mol. The third-order valence-electron chi connectivity index (χ3n) is 4.36. The van der Waals surface area contributed by atoms with Gasteiger partial charge in [-0.1, -0.05) is 36.4 Å². The fourth-order valence-electron chi connectivity index (χ4n) is 3.33. The van der Waals surface area contributed by atoms with Gasteiger partial charge in [-0.2, -0.15) is 0 Å². The Hall–Kier alpha value is -1.74. The lowest BCUT2D eigenvalue weighted by atomic mass is 9.96. The van der Waals surface area contributed by atoms with Crippen LogP contribution in [0.2, 0.25) is 0 Å². The number of para-hydroxylation sites is 1. The molecule has 0 saturated heterocycles. The van der Waals surface area contributed by atoms with Gasteiger partial charge in [0.1, 0.15) is 0 Å². The summed E-state index contributed by atoms with van der Waals surface area (Å²) in [6, 6.07) is 15.7. The highest BCUT2D eigenvalue weighted by Gasteiger charge is 2.36. The van der Waals surface area contributed by atoms with E-state index in [-0.39, 0.29) is 0 Å². The van der Waals surface area contributed by atoms with E-state index in [1.807, 2.05) is 11.8 Å². The zero-order valence-electron chi connectivity index (χ0n) is 12.3. The molecular weight excluding hydrogens is 276 g/mol. The quantitative estimate of drug-likeness (QED) is 0.756. The first-order valence-electron chi connectivity index (χ1n) is 7.42. The van der Waals surface area contributed by atoms with Gasteiger partial charge < -0.3 is 4.90 Å². The third kappa shape index (κ3) is 1.99. The lowest BCUT2D eigenvalue weighted by Crippen LogP contribution is -2.35. The van der Waals surface area contributed by atoms with E-state index in [9.17, 15) is 0 Å². The Morgan fingerprint density at radius 2 is 1.86 bits per heavy atom. The predicted octanol–water partition coefficient (Wildman–Crippen LogP) is 4.72. The predicted molar refractivity (Wildman–Crippen MR) is 90.4 cm³/mol. The first kappa shape index (κ1) is 13.0. The van der Waals surface area contributed by atoms with Crippen molar-refractivity contribution in [3.63, 3.8) is 0 Å². The Labute approximate surface area is 129 Å². The molecule has 21 heavy (non-hydrogen) atoms. The number of hydrogen-bond acceptors (Lipinski definition) is 3. The van der Waals surface area contributed by atoms with E-state index in [1.165, 1.54) is 32.4 Å². The summed E-state index contributed by atoms with van der Waals surface area (Å²) in [6.45, 7) is 5.33. The molecule has 2 aromatic carbocycles. The van der Waals surface area contributed by atoms with Gasteiger partial charge in [0.25, 0.3) is 0 Å². The van der Waals surface area contributed by atoms with Crippen molar-refractivity contribution in [1.29, 1.82) is 0 Å². The number of rotatable bonds is 1. The maximum Gasteiger partial charge on any atom is 0.169 e. The number of aliphatic imine (C=N–C) groups is 1. The molecule has 2 aliphatic heterocycles. The molecule has 106 valence electrons. The molecule has 0 fully saturated rings. The van der Waals surface area contributed by atoms with Crippen LogP contribution in [0.4, 0.5) is 5.69 Å². The molecular formula is C18H18N2S. The molecule has 3 heteroatoms. The highest BCUT2D eigenvalue weighted by Crippen LogP contribution is 2.49. The van der Waals surface area contributed by atoms with Crippen LogP contribution in [-0.2, 0) is 0 Å². The second-order valence-electron chi connectivity index (χ2n) is 5.72. The summed E-state index contributed by atoms with van der Waals surface area (Å²) in [4.78, 5) is 8.56. The van der Waals surface area contributed by atoms with Crippen molar-refractivity contribution < 1.29 is 0 Å². The first-order chi connectivity index (χ1) is 10.3. The number of thioether (sulfide) groups is 1. The van der Waals surface area contributed by atoms with Crippen molar-refractivity contribution >= 4 is 22.6 Å². The van der Waals surface area contributed by atoms with E-state index < -0.39 is 0 Å². The Morgan fingerprint density at radius 3 is 2.71 bits per heavy atom. The van der Waals surface area contributed by atoms with Gasteiger partial charge in [-0.3, -0.25) is 4.99 Å². The molecule has 0 aromatic heterocycles. The Kier molecular flexibility index (Phi) is 3.03. The molecule has 1 atom stereocenters. The Bertz CT molecular complexity index is 736. The van der Waals surface area contributed by atoms with E-state index in [4.69, 9.17) is 4.99 Å². The maximum absolute atomic E-state index is 4.76. The zero-order chi connectivity index (χ0) is 14.4. The van der Waals surface area contributed by atoms with Crippen LogP contribution in [0, 0.1) is 13.8 Å². The highest BCUT2D eigenvalue weighted by molar-refractivity contribution is 8.14. The van der Waals surface area contributed by atoms with Gasteiger partial charge in [0.15, 0.2) is 5.17 Å². The molecule has 0 amide bonds. The van der Waals surface area contributed by atoms with Gasteiger partial charge in [-0.25, -0.2) is 0 Å². The molecule has 2 heterocycles. The summed E-state index contributed by atoms with van der Waals surface area (Å²) in [5.41, 5.74) is 5.50. The number of fused-ring (bicyclic) bond motifs is 3. The molecule has 0 unspecified atom stereocenters. The summed E-state index contributed by atoms with van der Waals surface area (Å²) in [5.74, 6) is 0. The van der Waals surface area contributed by atoms with Crippen molar-refractivity contribution in [3.8, 4) is 0 Å². The van der Waals surface area contributed by atoms with Crippen LogP contribution in [0.15, 0.2) is 52.4 Å². The average molecular weight is 294 g/mol. The lowest BCUT2D eigenvalue weighted by molar-refractivity contribution is 0.627. The van der Waals surface area contributed by atoms with Crippen molar-refractivity contribution in [3.05, 3.63) is 59.2 Å². The second kappa shape index (κ2) is 4.92. The maximum atomic E-state index is 4.76. The molecule has 2 aromatic rings. The van der Waals surface area contributed by atoms with Gasteiger partial charge in [-0.15, -0.1) is 0 Å². The standard InChI is InChI=1S/C18H18N2S/c1-12-6-3-4-8-14(12)15-10-11-19-18-20(15)17-13(2)7-5-9-16(17)21-18/h3-9,15H,10-11H2,1-2H3/t15-/m0/s1. The van der Waals surface area contributed by atoms with E-state index in [0.29, 0.717) is 6.04 Å². The normalized spacial score (nSPS) is 20.0. The van der Waals surface area contributed by atoms with Crippen molar-refractivity contribution in [1.82, 2.24) is 0 Å². The Morgan fingerprint density at radius 1 is 1.05 bits per heavy atom. The number of aryl methyl sites for hydroxylation is 2. The van der Waals surface area contributed by atoms with Gasteiger partial charge in [0, 0.05) is 11.4 Å². The number of benzene rings is 2. The van der Waals surface area contributed by atoms with Crippen LogP contribution in [0.3, 0.4) is 0 Å². The molecule has 0 bridgehead atoms. The fraction of sp³-hybridized carbons (Fsp3) is 0.278. The number of amidine groups is 1. The van der Waals surface area contributed by atoms with Crippen LogP contribution in [0.1, 0.15) is 29.2 Å². The van der Waals surface area contributed by atoms with Gasteiger partial charge in [0.2, 0.25) is 0 Å². The second-order valence-corrected chi connectivity index (χ2v) is 6.73. The SMILES string of the molecule is Cc1ccccc1[C@@H]1CCN=C2Sc3cccc(C)c3N21. The van der Waals surface area contributed by atoms with E-state index in [0.717, 1.165) is 13.0 Å². The van der Waals surface area contributed by atoms with Gasteiger partial charge in [-0.05, 0) is 54.8 Å². The summed E-state index contributed by atoms with van der Waals surface area (Å²) in [7, 11) is 0. The number of hydrogen-bond donors (Lipinski definition) is 0. The number of anilines is 1. The van der Waals surface area contributed by atoms with Crippen LogP contribution < -0.4 is 4.90 Å². The molecule has 0 aliphatic carbocycles. The minimum Gasteiger partial charge on any atom is -0.312 e. The van der Waals surface area contributed by atoms with Crippen LogP contribution in [-0.4, -0.2) is 11.7 Å². The van der Waals surface area contributed by atoms with E-state index >= 15 is 0 Å². The van der Waals surface area contributed by atoms with Crippen molar-refractivity contribution in [2.75, 3.05) is 11.4 Å². The molecule has 0 N–H and O–H groups in total.